The fourth-order valence-electron chi connectivity index (χ4n) is 3.03. The first-order valence-electron chi connectivity index (χ1n) is 7.16. The second-order valence-corrected chi connectivity index (χ2v) is 6.50. The molecule has 1 unspecified atom stereocenters. The van der Waals surface area contributed by atoms with Crippen LogP contribution in [-0.4, -0.2) is 16.4 Å². The molecule has 0 spiro atoms. The summed E-state index contributed by atoms with van der Waals surface area (Å²) in [6.45, 7) is 4.02. The number of rotatable bonds is 2. The van der Waals surface area contributed by atoms with Gasteiger partial charge in [-0.1, -0.05) is 6.07 Å². The molecule has 2 aromatic heterocycles. The van der Waals surface area contributed by atoms with Crippen LogP contribution in [0.2, 0.25) is 0 Å². The molecule has 0 saturated heterocycles. The van der Waals surface area contributed by atoms with Crippen molar-refractivity contribution in [3.63, 3.8) is 0 Å². The Hall–Kier alpha value is -1.85. The van der Waals surface area contributed by atoms with Gasteiger partial charge in [0.2, 0.25) is 5.89 Å². The van der Waals surface area contributed by atoms with E-state index in [1.165, 1.54) is 10.4 Å². The van der Waals surface area contributed by atoms with E-state index in [1.807, 2.05) is 29.5 Å². The number of aromatic nitrogens is 1. The van der Waals surface area contributed by atoms with Crippen LogP contribution >= 0.6 is 11.3 Å². The lowest BCUT2D eigenvalue weighted by Gasteiger charge is -2.32. The molecule has 0 amide bonds. The van der Waals surface area contributed by atoms with Crippen LogP contribution in [0.1, 0.15) is 29.3 Å². The molecular weight excluding hydrogens is 282 g/mol. The van der Waals surface area contributed by atoms with Gasteiger partial charge in [0.15, 0.2) is 5.58 Å². The van der Waals surface area contributed by atoms with Gasteiger partial charge in [0, 0.05) is 17.5 Å². The summed E-state index contributed by atoms with van der Waals surface area (Å²) >= 11 is 1.86. The fourth-order valence-corrected chi connectivity index (χ4v) is 4.00. The highest BCUT2D eigenvalue weighted by molar-refractivity contribution is 7.10. The number of nitrogen functional groups attached to an aromatic ring is 1. The predicted molar refractivity (Wildman–Crippen MR) is 85.3 cm³/mol. The highest BCUT2D eigenvalue weighted by Gasteiger charge is 2.26. The topological polar surface area (TPSA) is 55.3 Å². The van der Waals surface area contributed by atoms with Crippen molar-refractivity contribution >= 4 is 28.1 Å². The van der Waals surface area contributed by atoms with E-state index < -0.39 is 0 Å². The monoisotopic (exact) mass is 299 g/mol. The zero-order valence-electron chi connectivity index (χ0n) is 11.9. The number of nitrogens with two attached hydrogens (primary N) is 1. The number of fused-ring (bicyclic) bond motifs is 2. The first-order chi connectivity index (χ1) is 10.2. The van der Waals surface area contributed by atoms with Crippen molar-refractivity contribution in [1.82, 2.24) is 9.88 Å². The highest BCUT2D eigenvalue weighted by Crippen LogP contribution is 2.34. The van der Waals surface area contributed by atoms with Crippen molar-refractivity contribution < 1.29 is 4.42 Å². The van der Waals surface area contributed by atoms with Gasteiger partial charge in [0.05, 0.1) is 12.2 Å². The number of benzene rings is 1. The number of oxazole rings is 1. The molecule has 0 aliphatic carbocycles. The molecule has 0 bridgehead atoms. The molecule has 2 N–H and O–H groups in total. The van der Waals surface area contributed by atoms with E-state index in [9.17, 15) is 0 Å². The summed E-state index contributed by atoms with van der Waals surface area (Å²) in [5, 5.41) is 2.19. The van der Waals surface area contributed by atoms with E-state index >= 15 is 0 Å². The van der Waals surface area contributed by atoms with Crippen LogP contribution < -0.4 is 5.73 Å². The third-order valence-electron chi connectivity index (χ3n) is 4.24. The summed E-state index contributed by atoms with van der Waals surface area (Å²) in [6.07, 6.45) is 1.11. The highest BCUT2D eigenvalue weighted by atomic mass is 32.1. The second-order valence-electron chi connectivity index (χ2n) is 5.50. The summed E-state index contributed by atoms with van der Waals surface area (Å²) in [4.78, 5) is 8.48. The van der Waals surface area contributed by atoms with Crippen molar-refractivity contribution in [2.75, 3.05) is 12.3 Å². The van der Waals surface area contributed by atoms with E-state index in [0.29, 0.717) is 11.7 Å². The SMILES string of the molecule is CC1c2ccsc2CCN1Cc1nc2c(N)cccc2o1. The lowest BCUT2D eigenvalue weighted by Crippen LogP contribution is -2.32. The van der Waals surface area contributed by atoms with E-state index in [0.717, 1.165) is 36.5 Å². The van der Waals surface area contributed by atoms with E-state index in [-0.39, 0.29) is 0 Å². The van der Waals surface area contributed by atoms with Gasteiger partial charge < -0.3 is 10.2 Å². The minimum absolute atomic E-state index is 0.410. The Morgan fingerprint density at radius 3 is 3.19 bits per heavy atom. The molecule has 4 rings (SSSR count). The molecule has 3 aromatic rings. The van der Waals surface area contributed by atoms with Crippen molar-refractivity contribution in [1.29, 1.82) is 0 Å². The summed E-state index contributed by atoms with van der Waals surface area (Å²) in [5.41, 5.74) is 9.61. The smallest absolute Gasteiger partial charge is 0.209 e. The summed E-state index contributed by atoms with van der Waals surface area (Å²) < 4.78 is 5.84. The van der Waals surface area contributed by atoms with Crippen LogP contribution in [0.25, 0.3) is 11.1 Å². The number of hydrogen-bond donors (Lipinski definition) is 1. The minimum Gasteiger partial charge on any atom is -0.439 e. The van der Waals surface area contributed by atoms with Gasteiger partial charge in [-0.2, -0.15) is 0 Å². The summed E-state index contributed by atoms with van der Waals surface area (Å²) in [5.74, 6) is 0.744. The van der Waals surface area contributed by atoms with E-state index in [2.05, 4.69) is 28.3 Å². The van der Waals surface area contributed by atoms with Crippen molar-refractivity contribution in [2.45, 2.75) is 25.9 Å². The molecule has 4 nitrogen and oxygen atoms in total. The molecule has 0 radical (unpaired) electrons. The summed E-state index contributed by atoms with van der Waals surface area (Å²) in [7, 11) is 0. The molecule has 108 valence electrons. The average Bonchev–Trinajstić information content (AvgIpc) is 3.09. The van der Waals surface area contributed by atoms with Gasteiger partial charge in [0.1, 0.15) is 5.52 Å². The predicted octanol–water partition coefficient (Wildman–Crippen LogP) is 3.59. The van der Waals surface area contributed by atoms with Crippen molar-refractivity contribution in [3.8, 4) is 0 Å². The normalized spacial score (nSPS) is 19.0. The molecule has 5 heteroatoms. The zero-order valence-corrected chi connectivity index (χ0v) is 12.7. The maximum Gasteiger partial charge on any atom is 0.209 e. The third kappa shape index (κ3) is 2.13. The standard InChI is InChI=1S/C16H17N3OS/c1-10-11-6-8-21-14(11)5-7-19(10)9-15-18-16-12(17)3-2-4-13(16)20-15/h2-4,6,8,10H,5,7,9,17H2,1H3. The van der Waals surface area contributed by atoms with Gasteiger partial charge in [-0.15, -0.1) is 11.3 Å². The second kappa shape index (κ2) is 4.86. The Labute approximate surface area is 127 Å². The lowest BCUT2D eigenvalue weighted by molar-refractivity contribution is 0.175. The van der Waals surface area contributed by atoms with Gasteiger partial charge >= 0.3 is 0 Å². The Morgan fingerprint density at radius 2 is 2.33 bits per heavy atom. The molecule has 1 aliphatic heterocycles. The molecule has 0 saturated carbocycles. The van der Waals surface area contributed by atoms with Crippen molar-refractivity contribution in [3.05, 3.63) is 46.0 Å². The molecule has 3 heterocycles. The van der Waals surface area contributed by atoms with Crippen molar-refractivity contribution in [2.24, 2.45) is 0 Å². The number of anilines is 1. The van der Waals surface area contributed by atoms with Gasteiger partial charge in [-0.05, 0) is 42.5 Å². The van der Waals surface area contributed by atoms with E-state index in [1.54, 1.807) is 0 Å². The first-order valence-corrected chi connectivity index (χ1v) is 8.04. The fraction of sp³-hybridized carbons (Fsp3) is 0.312. The Kier molecular flexibility index (Phi) is 2.97. The molecular formula is C16H17N3OS. The number of hydrogen-bond acceptors (Lipinski definition) is 5. The van der Waals surface area contributed by atoms with Crippen LogP contribution in [0.5, 0.6) is 0 Å². The van der Waals surface area contributed by atoms with Crippen LogP contribution in [0.15, 0.2) is 34.1 Å². The van der Waals surface area contributed by atoms with Gasteiger partial charge in [-0.25, -0.2) is 4.98 Å². The third-order valence-corrected chi connectivity index (χ3v) is 5.23. The average molecular weight is 299 g/mol. The lowest BCUT2D eigenvalue weighted by atomic mass is 10.0. The first kappa shape index (κ1) is 12.9. The molecule has 1 aromatic carbocycles. The maximum atomic E-state index is 5.94. The van der Waals surface area contributed by atoms with Crippen LogP contribution in [-0.2, 0) is 13.0 Å². The quantitative estimate of drug-likeness (QED) is 0.735. The summed E-state index contributed by atoms with van der Waals surface area (Å²) in [6, 6.07) is 8.32. The molecule has 1 aliphatic rings. The number of para-hydroxylation sites is 1. The zero-order chi connectivity index (χ0) is 14.4. The van der Waals surface area contributed by atoms with Crippen LogP contribution in [0, 0.1) is 0 Å². The Balaban J connectivity index is 1.62. The molecule has 1 atom stereocenters. The Bertz CT molecular complexity index is 792. The molecule has 21 heavy (non-hydrogen) atoms. The number of nitrogens with zero attached hydrogens (tertiary/aromatic N) is 2. The largest absolute Gasteiger partial charge is 0.439 e. The minimum atomic E-state index is 0.410. The molecule has 0 fully saturated rings. The van der Waals surface area contributed by atoms with Gasteiger partial charge in [0.25, 0.3) is 0 Å². The maximum absolute atomic E-state index is 5.94. The number of thiophene rings is 1. The van der Waals surface area contributed by atoms with Gasteiger partial charge in [-0.3, -0.25) is 4.90 Å². The Morgan fingerprint density at radius 1 is 1.43 bits per heavy atom. The van der Waals surface area contributed by atoms with Crippen LogP contribution in [0.4, 0.5) is 5.69 Å². The van der Waals surface area contributed by atoms with Crippen LogP contribution in [0.3, 0.4) is 0 Å². The van der Waals surface area contributed by atoms with E-state index in [4.69, 9.17) is 10.2 Å².